The largest absolute Gasteiger partial charge is 0.436 e. The second-order valence-electron chi connectivity index (χ2n) is 22.5. The fourth-order valence-corrected chi connectivity index (χ4v) is 11.4. The zero-order valence-corrected chi connectivity index (χ0v) is 49.2. The lowest BCUT2D eigenvalue weighted by atomic mass is 9.83. The summed E-state index contributed by atoms with van der Waals surface area (Å²) in [7, 11) is 3.67. The van der Waals surface area contributed by atoms with Gasteiger partial charge in [0.1, 0.15) is 12.1 Å². The molecule has 2 rings (SSSR count). The molecule has 1 saturated heterocycles. The third-order valence-electron chi connectivity index (χ3n) is 14.2. The van der Waals surface area contributed by atoms with E-state index in [0.717, 1.165) is 0 Å². The monoisotopic (exact) mass is 1110 g/mol. The minimum Gasteiger partial charge on any atom is -0.436 e. The Morgan fingerprint density at radius 1 is 0.818 bits per heavy atom. The molecule has 438 valence electrons. The smallest absolute Gasteiger partial charge is 0.405 e. The van der Waals surface area contributed by atoms with Crippen LogP contribution in [0.1, 0.15) is 121 Å². The zero-order chi connectivity index (χ0) is 58.9. The minimum atomic E-state index is -4.50. The average Bonchev–Trinajstić information content (AvgIpc) is 3.81. The molecule has 9 N–H and O–H groups in total. The van der Waals surface area contributed by atoms with Crippen molar-refractivity contribution in [2.75, 3.05) is 53.8 Å². The number of rotatable bonds is 30. The van der Waals surface area contributed by atoms with Crippen LogP contribution in [0.3, 0.4) is 0 Å². The lowest BCUT2D eigenvalue weighted by Gasteiger charge is -2.41. The van der Waals surface area contributed by atoms with E-state index in [9.17, 15) is 46.8 Å². The fraction of sp³-hybridized carbons (Fsp3) is 0.736. The number of benzene rings is 1. The van der Waals surface area contributed by atoms with Crippen LogP contribution in [0.25, 0.3) is 0 Å². The fourth-order valence-electron chi connectivity index (χ4n) is 10.3. The lowest BCUT2D eigenvalue weighted by molar-refractivity contribution is -0.148. The highest BCUT2D eigenvalue weighted by Gasteiger charge is 2.44. The molecule has 1 aliphatic heterocycles. The number of carbonyl (C=O) groups excluding carboxylic acids is 8. The summed E-state index contributed by atoms with van der Waals surface area (Å²) in [5, 5.41) is 10.7. The summed E-state index contributed by atoms with van der Waals surface area (Å²) in [6.07, 6.45) is -1.98. The van der Waals surface area contributed by atoms with Crippen molar-refractivity contribution < 1.29 is 61.0 Å². The van der Waals surface area contributed by atoms with E-state index < -0.39 is 100 Å². The molecule has 1 unspecified atom stereocenters. The van der Waals surface area contributed by atoms with E-state index in [4.69, 9.17) is 25.7 Å². The Balaban J connectivity index is 2.29. The Morgan fingerprint density at radius 3 is 1.92 bits per heavy atom. The van der Waals surface area contributed by atoms with Crippen LogP contribution >= 0.6 is 0 Å². The summed E-state index contributed by atoms with van der Waals surface area (Å²) in [6.45, 7) is 21.0. The van der Waals surface area contributed by atoms with Crippen molar-refractivity contribution in [3.05, 3.63) is 24.3 Å². The number of anilines is 1. The van der Waals surface area contributed by atoms with Gasteiger partial charge in [-0.25, -0.2) is 22.7 Å². The van der Waals surface area contributed by atoms with Crippen molar-refractivity contribution in [3.8, 4) is 0 Å². The number of amides is 9. The van der Waals surface area contributed by atoms with Crippen LogP contribution in [0.5, 0.6) is 0 Å². The summed E-state index contributed by atoms with van der Waals surface area (Å²) in [5.41, 5.74) is 10.4. The van der Waals surface area contributed by atoms with Gasteiger partial charge in [-0.2, -0.15) is 0 Å². The van der Waals surface area contributed by atoms with Crippen molar-refractivity contribution in [3.63, 3.8) is 0 Å². The van der Waals surface area contributed by atoms with Crippen LogP contribution in [-0.2, 0) is 53.0 Å². The first kappa shape index (κ1) is 67.5. The topological polar surface area (TPSA) is 320 Å². The van der Waals surface area contributed by atoms with Gasteiger partial charge in [-0.1, -0.05) is 82.6 Å². The molecule has 24 heteroatoms. The van der Waals surface area contributed by atoms with E-state index in [1.807, 2.05) is 81.3 Å². The van der Waals surface area contributed by atoms with E-state index in [1.165, 1.54) is 45.4 Å². The highest BCUT2D eigenvalue weighted by molar-refractivity contribution is 7.90. The second-order valence-corrected chi connectivity index (χ2v) is 24.2. The standard InChI is InChI=1S/C53H92N10O13S/c1-17-32(6)43(62(14)50(69)41(30(2)3)59-48(67)42(31(4)5)61(12)13)39(74-15)28-40(64)63-27-19-21-38(63)45(75-16)34(8)46(65)60-77(72,73)36-24-22-35(23-25-36)57-47(66)37(20-18-26-56-51(54)70)58-49(68)44(76-52(55)71)33(7)29-53(9,10)11/h22-25,30-34,37-39,41-45H,17-21,26-29H2,1-16H3,(H2,55,71)(H,57,66)(H,58,68)(H,59,67)(H,60,65)(H3,54,56,70)/t32-,33?,34+,37-,38-,39+,41-,42-,43-,44-,45+/m0/s1. The van der Waals surface area contributed by atoms with Crippen LogP contribution in [0.15, 0.2) is 29.2 Å². The maximum Gasteiger partial charge on any atom is 0.405 e. The Labute approximate surface area is 457 Å². The second kappa shape index (κ2) is 30.5. The highest BCUT2D eigenvalue weighted by Crippen LogP contribution is 2.31. The molecule has 0 saturated carbocycles. The molecule has 9 amide bonds. The first-order valence-corrected chi connectivity index (χ1v) is 28.1. The van der Waals surface area contributed by atoms with Gasteiger partial charge in [-0.05, 0) is 93.6 Å². The number of ether oxygens (including phenoxy) is 3. The van der Waals surface area contributed by atoms with E-state index in [-0.39, 0.29) is 77.3 Å². The molecule has 0 aromatic heterocycles. The summed E-state index contributed by atoms with van der Waals surface area (Å²) in [5.74, 6) is -5.23. The van der Waals surface area contributed by atoms with Gasteiger partial charge in [-0.15, -0.1) is 0 Å². The Morgan fingerprint density at radius 2 is 1.43 bits per heavy atom. The maximum absolute atomic E-state index is 14.4. The number of urea groups is 1. The Kier molecular flexibility index (Phi) is 26.8. The summed E-state index contributed by atoms with van der Waals surface area (Å²) in [6, 6.07) is 0.422. The molecule has 1 aromatic rings. The predicted octanol–water partition coefficient (Wildman–Crippen LogP) is 3.55. The van der Waals surface area contributed by atoms with Gasteiger partial charge in [0.15, 0.2) is 6.10 Å². The molecule has 1 aliphatic rings. The van der Waals surface area contributed by atoms with Crippen molar-refractivity contribution >= 4 is 63.3 Å². The molecule has 11 atom stereocenters. The van der Waals surface area contributed by atoms with Gasteiger partial charge in [0.05, 0.1) is 47.6 Å². The first-order chi connectivity index (χ1) is 35.7. The molecule has 77 heavy (non-hydrogen) atoms. The SMILES string of the molecule is CC[C@H](C)[C@@H]([C@@H](CC(=O)N1CCC[C@H]1[C@H](OC)[C@@H](C)C(=O)NS(=O)(=O)c1ccc(NC(=O)[C@H](CCCNC(N)=O)NC(=O)[C@@H](OC(N)=O)C(C)CC(C)(C)C)cc1)OC)N(C)C(=O)[C@@H](NC(=O)[C@H](C(C)C)N(C)C)C(C)C. The van der Waals surface area contributed by atoms with Crippen molar-refractivity contribution in [1.82, 2.24) is 35.4 Å². The zero-order valence-electron chi connectivity index (χ0n) is 48.4. The third kappa shape index (κ3) is 20.3. The number of nitrogens with zero attached hydrogens (tertiary/aromatic N) is 3. The van der Waals surface area contributed by atoms with E-state index in [2.05, 4.69) is 26.0 Å². The van der Waals surface area contributed by atoms with Gasteiger partial charge in [-0.3, -0.25) is 33.7 Å². The van der Waals surface area contributed by atoms with E-state index in [1.54, 1.807) is 23.8 Å². The van der Waals surface area contributed by atoms with Crippen LogP contribution in [-0.4, -0.2) is 168 Å². The number of nitrogens with two attached hydrogens (primary N) is 2. The third-order valence-corrected chi connectivity index (χ3v) is 15.5. The van der Waals surface area contributed by atoms with Crippen molar-refractivity contribution in [1.29, 1.82) is 0 Å². The Hall–Kier alpha value is -5.59. The summed E-state index contributed by atoms with van der Waals surface area (Å²) < 4.78 is 46.6. The van der Waals surface area contributed by atoms with E-state index in [0.29, 0.717) is 32.2 Å². The van der Waals surface area contributed by atoms with Crippen LogP contribution in [0, 0.1) is 35.0 Å². The number of methoxy groups -OCH3 is 2. The quantitative estimate of drug-likeness (QED) is 0.0542. The number of carbonyl (C=O) groups is 8. The average molecular weight is 1110 g/mol. The van der Waals surface area contributed by atoms with Gasteiger partial charge in [0.25, 0.3) is 15.9 Å². The highest BCUT2D eigenvalue weighted by atomic mass is 32.2. The molecule has 0 radical (unpaired) electrons. The van der Waals surface area contributed by atoms with Gasteiger partial charge in [0, 0.05) is 46.0 Å². The number of hydrogen-bond donors (Lipinski definition) is 7. The summed E-state index contributed by atoms with van der Waals surface area (Å²) in [4.78, 5) is 111. The maximum atomic E-state index is 14.4. The number of likely N-dealkylation sites (tertiary alicyclic amines) is 1. The van der Waals surface area contributed by atoms with Crippen LogP contribution < -0.4 is 37.5 Å². The van der Waals surface area contributed by atoms with Crippen LogP contribution in [0.2, 0.25) is 0 Å². The molecular weight excluding hydrogens is 1020 g/mol. The first-order valence-electron chi connectivity index (χ1n) is 26.6. The number of primary amides is 2. The van der Waals surface area contributed by atoms with Gasteiger partial charge in [0.2, 0.25) is 29.5 Å². The van der Waals surface area contributed by atoms with Crippen molar-refractivity contribution in [2.45, 2.75) is 175 Å². The number of sulfonamides is 1. The van der Waals surface area contributed by atoms with E-state index >= 15 is 0 Å². The summed E-state index contributed by atoms with van der Waals surface area (Å²) >= 11 is 0. The molecule has 1 aromatic carbocycles. The number of nitrogens with one attached hydrogen (secondary N) is 5. The lowest BCUT2D eigenvalue weighted by Crippen LogP contribution is -2.59. The van der Waals surface area contributed by atoms with Crippen LogP contribution in [0.4, 0.5) is 15.3 Å². The normalized spacial score (nSPS) is 17.9. The van der Waals surface area contributed by atoms with Gasteiger partial charge >= 0.3 is 12.1 Å². The number of likely N-dealkylation sites (N-methyl/N-ethyl adjacent to an activating group) is 2. The molecular formula is C53H92N10O13S. The molecule has 23 nitrogen and oxygen atoms in total. The molecule has 1 heterocycles. The molecule has 0 bridgehead atoms. The molecule has 0 aliphatic carbocycles. The molecule has 0 spiro atoms. The van der Waals surface area contributed by atoms with Crippen molar-refractivity contribution in [2.24, 2.45) is 46.5 Å². The minimum absolute atomic E-state index is 0.00567. The Bertz CT molecular complexity index is 2250. The molecule has 1 fully saturated rings. The number of hydrogen-bond acceptors (Lipinski definition) is 14. The van der Waals surface area contributed by atoms with Gasteiger partial charge < -0.3 is 56.7 Å². The predicted molar refractivity (Wildman–Crippen MR) is 292 cm³/mol.